The number of halogens is 1. The number of nitrogens with zero attached hydrogens (tertiary/aromatic N) is 2. The smallest absolute Gasteiger partial charge is 0.322 e. The van der Waals surface area contributed by atoms with Crippen LogP contribution in [-0.4, -0.2) is 40.9 Å². The fourth-order valence-electron chi connectivity index (χ4n) is 3.41. The van der Waals surface area contributed by atoms with Crippen LogP contribution in [0.4, 0.5) is 14.9 Å². The second kappa shape index (κ2) is 11.9. The van der Waals surface area contributed by atoms with Crippen LogP contribution in [0, 0.1) is 5.82 Å². The second-order valence-electron chi connectivity index (χ2n) is 8.04. The first-order valence-corrected chi connectivity index (χ1v) is 11.2. The predicted molar refractivity (Wildman–Crippen MR) is 128 cm³/mol. The third kappa shape index (κ3) is 6.84. The van der Waals surface area contributed by atoms with Crippen LogP contribution in [-0.2, 0) is 17.9 Å². The average Bonchev–Trinajstić information content (AvgIpc) is 3.32. The van der Waals surface area contributed by atoms with Gasteiger partial charge in [-0.2, -0.15) is 0 Å². The fraction of sp³-hybridized carbons (Fsp3) is 0.308. The molecule has 1 aromatic heterocycles. The molecule has 0 fully saturated rings. The summed E-state index contributed by atoms with van der Waals surface area (Å²) >= 11 is 0. The topological polar surface area (TPSA) is 75.0 Å². The quantitative estimate of drug-likeness (QED) is 0.440. The van der Waals surface area contributed by atoms with E-state index in [1.165, 1.54) is 17.0 Å². The number of furan rings is 1. The summed E-state index contributed by atoms with van der Waals surface area (Å²) in [6, 6.07) is 16.0. The Kier molecular flexibility index (Phi) is 8.67. The number of ether oxygens (including phenoxy) is 1. The van der Waals surface area contributed by atoms with Crippen molar-refractivity contribution in [1.29, 1.82) is 0 Å². The normalized spacial score (nSPS) is 10.7. The largest absolute Gasteiger partial charge is 0.492 e. The molecule has 7 nitrogen and oxygen atoms in total. The molecule has 3 aromatic rings. The number of rotatable bonds is 10. The molecule has 0 unspecified atom stereocenters. The van der Waals surface area contributed by atoms with Gasteiger partial charge in [-0.3, -0.25) is 4.79 Å². The van der Waals surface area contributed by atoms with E-state index in [0.717, 1.165) is 5.56 Å². The highest BCUT2D eigenvalue weighted by Crippen LogP contribution is 2.24. The van der Waals surface area contributed by atoms with Gasteiger partial charge in [0, 0.05) is 12.6 Å². The van der Waals surface area contributed by atoms with Gasteiger partial charge in [0.25, 0.3) is 0 Å². The molecule has 0 saturated heterocycles. The van der Waals surface area contributed by atoms with Crippen molar-refractivity contribution >= 4 is 17.6 Å². The van der Waals surface area contributed by atoms with Gasteiger partial charge in [-0.05, 0) is 62.7 Å². The number of hydrogen-bond acceptors (Lipinski definition) is 4. The van der Waals surface area contributed by atoms with E-state index in [1.807, 2.05) is 26.8 Å². The Morgan fingerprint density at radius 1 is 1.03 bits per heavy atom. The summed E-state index contributed by atoms with van der Waals surface area (Å²) in [6.45, 7) is 6.36. The maximum Gasteiger partial charge on any atom is 0.322 e. The predicted octanol–water partition coefficient (Wildman–Crippen LogP) is 5.29. The van der Waals surface area contributed by atoms with E-state index in [0.29, 0.717) is 23.8 Å². The van der Waals surface area contributed by atoms with Gasteiger partial charge in [0.05, 0.1) is 25.1 Å². The third-order valence-electron chi connectivity index (χ3n) is 5.18. The van der Waals surface area contributed by atoms with Crippen molar-refractivity contribution in [3.63, 3.8) is 0 Å². The lowest BCUT2D eigenvalue weighted by Gasteiger charge is -2.30. The molecule has 0 radical (unpaired) electrons. The number of anilines is 1. The Hall–Kier alpha value is -3.81. The zero-order chi connectivity index (χ0) is 24.5. The van der Waals surface area contributed by atoms with Crippen molar-refractivity contribution < 1.29 is 23.1 Å². The maximum absolute atomic E-state index is 13.3. The van der Waals surface area contributed by atoms with Crippen LogP contribution in [0.5, 0.6) is 5.75 Å². The summed E-state index contributed by atoms with van der Waals surface area (Å²) in [6.07, 6.45) is 1.54. The summed E-state index contributed by atoms with van der Waals surface area (Å²) in [5, 5.41) is 2.85. The minimum absolute atomic E-state index is 0.137. The molecule has 2 aromatic carbocycles. The molecule has 8 heteroatoms. The Morgan fingerprint density at radius 2 is 1.76 bits per heavy atom. The minimum atomic E-state index is -0.407. The van der Waals surface area contributed by atoms with Gasteiger partial charge in [0.15, 0.2) is 0 Å². The molecule has 34 heavy (non-hydrogen) atoms. The molecular formula is C26H30FN3O4. The summed E-state index contributed by atoms with van der Waals surface area (Å²) in [5.41, 5.74) is 1.30. The van der Waals surface area contributed by atoms with Crippen molar-refractivity contribution in [3.8, 4) is 5.75 Å². The van der Waals surface area contributed by atoms with E-state index < -0.39 is 6.03 Å². The van der Waals surface area contributed by atoms with Crippen molar-refractivity contribution in [2.75, 3.05) is 18.5 Å². The summed E-state index contributed by atoms with van der Waals surface area (Å²) in [4.78, 5) is 29.5. The first-order valence-electron chi connectivity index (χ1n) is 11.2. The van der Waals surface area contributed by atoms with Crippen LogP contribution in [0.3, 0.4) is 0 Å². The molecule has 3 rings (SSSR count). The number of benzene rings is 2. The minimum Gasteiger partial charge on any atom is -0.492 e. The zero-order valence-corrected chi connectivity index (χ0v) is 19.7. The van der Waals surface area contributed by atoms with Gasteiger partial charge in [-0.25, -0.2) is 9.18 Å². The molecule has 0 saturated carbocycles. The van der Waals surface area contributed by atoms with Gasteiger partial charge in [0.2, 0.25) is 5.91 Å². The molecule has 3 amide bonds. The van der Waals surface area contributed by atoms with Crippen molar-refractivity contribution in [2.45, 2.75) is 39.9 Å². The van der Waals surface area contributed by atoms with Crippen molar-refractivity contribution in [1.82, 2.24) is 9.80 Å². The van der Waals surface area contributed by atoms with Gasteiger partial charge < -0.3 is 24.3 Å². The lowest BCUT2D eigenvalue weighted by molar-refractivity contribution is -0.133. The monoisotopic (exact) mass is 467 g/mol. The SMILES string of the molecule is CCOc1ccccc1NC(=O)N(CC(=O)N(Cc1ccc(F)cc1)Cc1ccco1)C(C)C. The number of urea groups is 1. The third-order valence-corrected chi connectivity index (χ3v) is 5.18. The van der Waals surface area contributed by atoms with E-state index in [4.69, 9.17) is 9.15 Å². The van der Waals surface area contributed by atoms with E-state index in [-0.39, 0.29) is 37.4 Å². The van der Waals surface area contributed by atoms with Crippen LogP contribution < -0.4 is 10.1 Å². The molecular weight excluding hydrogens is 437 g/mol. The lowest BCUT2D eigenvalue weighted by Crippen LogP contribution is -2.47. The number of para-hydroxylation sites is 2. The van der Waals surface area contributed by atoms with E-state index >= 15 is 0 Å². The maximum atomic E-state index is 13.3. The van der Waals surface area contributed by atoms with Crippen molar-refractivity contribution in [2.24, 2.45) is 0 Å². The molecule has 0 spiro atoms. The number of nitrogens with one attached hydrogen (secondary N) is 1. The zero-order valence-electron chi connectivity index (χ0n) is 19.7. The average molecular weight is 468 g/mol. The molecule has 0 aliphatic carbocycles. The molecule has 0 atom stereocenters. The first-order chi connectivity index (χ1) is 16.4. The van der Waals surface area contributed by atoms with Gasteiger partial charge in [-0.1, -0.05) is 24.3 Å². The van der Waals surface area contributed by atoms with E-state index in [2.05, 4.69) is 5.32 Å². The van der Waals surface area contributed by atoms with Gasteiger partial charge >= 0.3 is 6.03 Å². The Morgan fingerprint density at radius 3 is 2.41 bits per heavy atom. The molecule has 180 valence electrons. The van der Waals surface area contributed by atoms with E-state index in [9.17, 15) is 14.0 Å². The highest BCUT2D eigenvalue weighted by molar-refractivity contribution is 5.93. The Bertz CT molecular complexity index is 1070. The fourth-order valence-corrected chi connectivity index (χ4v) is 3.41. The van der Waals surface area contributed by atoms with Crippen LogP contribution in [0.1, 0.15) is 32.1 Å². The number of carbonyl (C=O) groups excluding carboxylic acids is 2. The first kappa shape index (κ1) is 24.8. The molecule has 0 bridgehead atoms. The summed E-state index contributed by atoms with van der Waals surface area (Å²) in [7, 11) is 0. The summed E-state index contributed by atoms with van der Waals surface area (Å²) < 4.78 is 24.3. The van der Waals surface area contributed by atoms with Crippen molar-refractivity contribution in [3.05, 3.63) is 84.1 Å². The van der Waals surface area contributed by atoms with Crippen LogP contribution >= 0.6 is 0 Å². The standard InChI is InChI=1S/C26H30FN3O4/c1-4-33-24-10-6-5-9-23(24)28-26(32)30(19(2)3)18-25(31)29(17-22-8-7-15-34-22)16-20-11-13-21(27)14-12-20/h5-15,19H,4,16-18H2,1-3H3,(H,28,32). The van der Waals surface area contributed by atoms with Gasteiger partial charge in [-0.15, -0.1) is 0 Å². The second-order valence-corrected chi connectivity index (χ2v) is 8.04. The highest BCUT2D eigenvalue weighted by Gasteiger charge is 2.25. The number of hydrogen-bond donors (Lipinski definition) is 1. The molecule has 0 aliphatic heterocycles. The lowest BCUT2D eigenvalue weighted by atomic mass is 10.2. The number of carbonyl (C=O) groups is 2. The van der Waals surface area contributed by atoms with Crippen LogP contribution in [0.15, 0.2) is 71.3 Å². The molecule has 1 heterocycles. The molecule has 0 aliphatic rings. The Balaban J connectivity index is 1.76. The van der Waals surface area contributed by atoms with Crippen LogP contribution in [0.2, 0.25) is 0 Å². The van der Waals surface area contributed by atoms with E-state index in [1.54, 1.807) is 53.6 Å². The molecule has 1 N–H and O–H groups in total. The highest BCUT2D eigenvalue weighted by atomic mass is 19.1. The van der Waals surface area contributed by atoms with Crippen LogP contribution in [0.25, 0.3) is 0 Å². The summed E-state index contributed by atoms with van der Waals surface area (Å²) in [5.74, 6) is 0.566. The number of amides is 3. The van der Waals surface area contributed by atoms with Gasteiger partial charge in [0.1, 0.15) is 23.9 Å². The Labute approximate surface area is 199 Å².